The normalized spacial score (nSPS) is 10.5. The highest BCUT2D eigenvalue weighted by atomic mass is 35.5. The maximum atomic E-state index is 12.0. The first kappa shape index (κ1) is 12.2. The number of halogens is 4. The third kappa shape index (κ3) is 2.79. The van der Waals surface area contributed by atoms with Gasteiger partial charge in [-0.1, -0.05) is 29.3 Å². The molecule has 1 amide bonds. The van der Waals surface area contributed by atoms with E-state index < -0.39 is 12.3 Å². The van der Waals surface area contributed by atoms with Gasteiger partial charge in [0.1, 0.15) is 0 Å². The molecule has 0 fully saturated rings. The SMILES string of the molecule is Cc1ccc(Cl)c(NC(=O)C(F)F)c1Cl. The zero-order chi connectivity index (χ0) is 11.6. The van der Waals surface area contributed by atoms with Gasteiger partial charge in [0.2, 0.25) is 0 Å². The van der Waals surface area contributed by atoms with Crippen LogP contribution in [0.4, 0.5) is 14.5 Å². The van der Waals surface area contributed by atoms with E-state index in [1.54, 1.807) is 13.0 Å². The number of nitrogens with one attached hydrogen (secondary N) is 1. The molecule has 2 nitrogen and oxygen atoms in total. The van der Waals surface area contributed by atoms with Crippen LogP contribution in [0, 0.1) is 6.92 Å². The smallest absolute Gasteiger partial charge is 0.315 e. The monoisotopic (exact) mass is 253 g/mol. The van der Waals surface area contributed by atoms with E-state index in [4.69, 9.17) is 23.2 Å². The van der Waals surface area contributed by atoms with Crippen molar-refractivity contribution in [3.8, 4) is 0 Å². The molecule has 0 unspecified atom stereocenters. The third-order valence-corrected chi connectivity index (χ3v) is 2.53. The second kappa shape index (κ2) is 4.77. The Morgan fingerprint density at radius 1 is 1.40 bits per heavy atom. The molecular formula is C9H7Cl2F2NO. The molecule has 82 valence electrons. The van der Waals surface area contributed by atoms with Gasteiger partial charge in [0, 0.05) is 0 Å². The topological polar surface area (TPSA) is 29.1 Å². The summed E-state index contributed by atoms with van der Waals surface area (Å²) >= 11 is 11.5. The first-order valence-corrected chi connectivity index (χ1v) is 4.72. The van der Waals surface area contributed by atoms with E-state index in [0.717, 1.165) is 0 Å². The lowest BCUT2D eigenvalue weighted by molar-refractivity contribution is -0.126. The Bertz CT molecular complexity index is 396. The van der Waals surface area contributed by atoms with Gasteiger partial charge in [0.05, 0.1) is 15.7 Å². The fraction of sp³-hybridized carbons (Fsp3) is 0.222. The number of carbonyl (C=O) groups excluding carboxylic acids is 1. The van der Waals surface area contributed by atoms with E-state index in [9.17, 15) is 13.6 Å². The Balaban J connectivity index is 3.04. The summed E-state index contributed by atoms with van der Waals surface area (Å²) in [5.74, 6) is -1.43. The molecule has 0 aromatic heterocycles. The third-order valence-electron chi connectivity index (χ3n) is 1.73. The number of amides is 1. The van der Waals surface area contributed by atoms with Crippen molar-refractivity contribution in [3.05, 3.63) is 27.7 Å². The lowest BCUT2D eigenvalue weighted by Crippen LogP contribution is -2.20. The predicted octanol–water partition coefficient (Wildman–Crippen LogP) is 3.51. The second-order valence-electron chi connectivity index (χ2n) is 2.84. The lowest BCUT2D eigenvalue weighted by Gasteiger charge is -2.10. The molecule has 1 rings (SSSR count). The van der Waals surface area contributed by atoms with Crippen LogP contribution < -0.4 is 5.32 Å². The summed E-state index contributed by atoms with van der Waals surface area (Å²) in [6, 6.07) is 3.10. The molecule has 0 spiro atoms. The van der Waals surface area contributed by atoms with Crippen molar-refractivity contribution < 1.29 is 13.6 Å². The van der Waals surface area contributed by atoms with Crippen LogP contribution in [0.2, 0.25) is 10.0 Å². The first-order chi connectivity index (χ1) is 6.93. The maximum absolute atomic E-state index is 12.0. The quantitative estimate of drug-likeness (QED) is 0.859. The van der Waals surface area contributed by atoms with Crippen LogP contribution in [0.15, 0.2) is 12.1 Å². The molecule has 1 aromatic rings. The number of aryl methyl sites for hydroxylation is 1. The first-order valence-electron chi connectivity index (χ1n) is 3.97. The molecule has 0 aliphatic carbocycles. The highest BCUT2D eigenvalue weighted by molar-refractivity contribution is 6.40. The molecule has 0 atom stereocenters. The Morgan fingerprint density at radius 3 is 2.53 bits per heavy atom. The molecule has 6 heteroatoms. The van der Waals surface area contributed by atoms with E-state index in [-0.39, 0.29) is 15.7 Å². The minimum Gasteiger partial charge on any atom is -0.319 e. The molecule has 0 radical (unpaired) electrons. The van der Waals surface area contributed by atoms with Crippen molar-refractivity contribution in [2.75, 3.05) is 5.32 Å². The summed E-state index contributed by atoms with van der Waals surface area (Å²) in [5.41, 5.74) is 0.661. The summed E-state index contributed by atoms with van der Waals surface area (Å²) in [7, 11) is 0. The highest BCUT2D eigenvalue weighted by Crippen LogP contribution is 2.32. The van der Waals surface area contributed by atoms with Crippen LogP contribution in [0.5, 0.6) is 0 Å². The zero-order valence-corrected chi connectivity index (χ0v) is 9.16. The molecule has 0 saturated heterocycles. The van der Waals surface area contributed by atoms with Crippen molar-refractivity contribution in [1.29, 1.82) is 0 Å². The summed E-state index contributed by atoms with van der Waals surface area (Å²) < 4.78 is 24.0. The molecule has 1 aromatic carbocycles. The van der Waals surface area contributed by atoms with Crippen LogP contribution in [0.25, 0.3) is 0 Å². The van der Waals surface area contributed by atoms with Gasteiger partial charge in [0.25, 0.3) is 5.91 Å². The number of alkyl halides is 2. The molecule has 15 heavy (non-hydrogen) atoms. The van der Waals surface area contributed by atoms with Crippen molar-refractivity contribution >= 4 is 34.8 Å². The van der Waals surface area contributed by atoms with E-state index >= 15 is 0 Å². The summed E-state index contributed by atoms with van der Waals surface area (Å²) in [6.07, 6.45) is -3.10. The number of benzene rings is 1. The second-order valence-corrected chi connectivity index (χ2v) is 3.63. The van der Waals surface area contributed by atoms with Gasteiger partial charge in [-0.25, -0.2) is 0 Å². The Kier molecular flexibility index (Phi) is 3.88. The van der Waals surface area contributed by atoms with E-state index in [1.807, 2.05) is 5.32 Å². The molecule has 0 aliphatic rings. The van der Waals surface area contributed by atoms with Gasteiger partial charge in [-0.15, -0.1) is 0 Å². The van der Waals surface area contributed by atoms with E-state index in [1.165, 1.54) is 6.07 Å². The molecule has 0 heterocycles. The fourth-order valence-electron chi connectivity index (χ4n) is 0.949. The average Bonchev–Trinajstić information content (AvgIpc) is 2.18. The summed E-state index contributed by atoms with van der Waals surface area (Å²) in [4.78, 5) is 10.7. The number of rotatable bonds is 2. The molecule has 1 N–H and O–H groups in total. The minimum absolute atomic E-state index is 0.0173. The van der Waals surface area contributed by atoms with Gasteiger partial charge in [-0.05, 0) is 18.6 Å². The maximum Gasteiger partial charge on any atom is 0.315 e. The standard InChI is InChI=1S/C9H7Cl2F2NO/c1-4-2-3-5(10)7(6(4)11)14-9(15)8(12)13/h2-3,8H,1H3,(H,14,15). The van der Waals surface area contributed by atoms with Crippen molar-refractivity contribution in [2.24, 2.45) is 0 Å². The molecule has 0 saturated carbocycles. The average molecular weight is 254 g/mol. The number of anilines is 1. The minimum atomic E-state index is -3.10. The van der Waals surface area contributed by atoms with Gasteiger partial charge < -0.3 is 5.32 Å². The summed E-state index contributed by atoms with van der Waals surface area (Å²) in [6.45, 7) is 1.68. The van der Waals surface area contributed by atoms with E-state index in [0.29, 0.717) is 5.56 Å². The number of carbonyl (C=O) groups is 1. The Morgan fingerprint density at radius 2 is 2.00 bits per heavy atom. The van der Waals surface area contributed by atoms with Crippen LogP contribution in [-0.4, -0.2) is 12.3 Å². The van der Waals surface area contributed by atoms with E-state index in [2.05, 4.69) is 0 Å². The van der Waals surface area contributed by atoms with Crippen LogP contribution >= 0.6 is 23.2 Å². The molecular weight excluding hydrogens is 247 g/mol. The molecule has 0 bridgehead atoms. The fourth-order valence-corrected chi connectivity index (χ4v) is 1.41. The number of hydrogen-bond acceptors (Lipinski definition) is 1. The van der Waals surface area contributed by atoms with Crippen LogP contribution in [0.1, 0.15) is 5.56 Å². The largest absolute Gasteiger partial charge is 0.319 e. The Labute approximate surface area is 95.2 Å². The zero-order valence-electron chi connectivity index (χ0n) is 7.65. The number of hydrogen-bond donors (Lipinski definition) is 1. The van der Waals surface area contributed by atoms with Crippen molar-refractivity contribution in [3.63, 3.8) is 0 Å². The van der Waals surface area contributed by atoms with Crippen LogP contribution in [-0.2, 0) is 4.79 Å². The van der Waals surface area contributed by atoms with Crippen molar-refractivity contribution in [1.82, 2.24) is 0 Å². The molecule has 0 aliphatic heterocycles. The van der Waals surface area contributed by atoms with Gasteiger partial charge in [-0.2, -0.15) is 8.78 Å². The van der Waals surface area contributed by atoms with Gasteiger partial charge in [0.15, 0.2) is 0 Å². The lowest BCUT2D eigenvalue weighted by atomic mass is 10.2. The van der Waals surface area contributed by atoms with Gasteiger partial charge in [-0.3, -0.25) is 4.79 Å². The summed E-state index contributed by atoms with van der Waals surface area (Å²) in [5, 5.41) is 2.25. The van der Waals surface area contributed by atoms with Crippen molar-refractivity contribution in [2.45, 2.75) is 13.3 Å². The predicted molar refractivity (Wildman–Crippen MR) is 55.8 cm³/mol. The van der Waals surface area contributed by atoms with Crippen LogP contribution in [0.3, 0.4) is 0 Å². The van der Waals surface area contributed by atoms with Gasteiger partial charge >= 0.3 is 6.43 Å². The Hall–Kier alpha value is -0.870. The highest BCUT2D eigenvalue weighted by Gasteiger charge is 2.18.